The van der Waals surface area contributed by atoms with Crippen LogP contribution in [-0.2, 0) is 31.8 Å². The fraction of sp³-hybridized carbons (Fsp3) is 0.412. The summed E-state index contributed by atoms with van der Waals surface area (Å²) in [4.78, 5) is 0. The Labute approximate surface area is 254 Å². The van der Waals surface area contributed by atoms with Crippen molar-refractivity contribution >= 4 is 10.9 Å². The first-order chi connectivity index (χ1) is 17.4. The minimum Gasteiger partial charge on any atom is -1.00 e. The Morgan fingerprint density at radius 3 is 2.13 bits per heavy atom. The van der Waals surface area contributed by atoms with Crippen molar-refractivity contribution in [3.63, 3.8) is 0 Å². The molecule has 4 bridgehead atoms. The van der Waals surface area contributed by atoms with Crippen molar-refractivity contribution in [2.45, 2.75) is 58.3 Å². The molecule has 1 unspecified atom stereocenters. The Kier molecular flexibility index (Phi) is 6.62. The summed E-state index contributed by atoms with van der Waals surface area (Å²) < 4.78 is 4.10. The molecule has 0 spiro atoms. The predicted octanol–water partition coefficient (Wildman–Crippen LogP) is 2.59. The smallest absolute Gasteiger partial charge is 1.00 e. The normalized spacial score (nSPS) is 30.2. The van der Waals surface area contributed by atoms with E-state index in [1.54, 1.807) is 50.3 Å². The van der Waals surface area contributed by atoms with Crippen LogP contribution in [0.15, 0.2) is 80.2 Å². The molecule has 6 aliphatic carbocycles. The largest absolute Gasteiger partial charge is 1.00 e. The third-order valence-corrected chi connectivity index (χ3v) is 11.8. The molecule has 193 valence electrons. The summed E-state index contributed by atoms with van der Waals surface area (Å²) in [7, 11) is 2.28. The minimum atomic E-state index is 0. The van der Waals surface area contributed by atoms with E-state index in [0.29, 0.717) is 11.3 Å². The molecule has 0 saturated heterocycles. The molecule has 9 rings (SSSR count). The molecule has 4 saturated carbocycles. The minimum absolute atomic E-state index is 0. The van der Waals surface area contributed by atoms with Crippen LogP contribution in [0.1, 0.15) is 69.4 Å². The predicted molar refractivity (Wildman–Crippen MR) is 144 cm³/mol. The molecule has 4 fully saturated rings. The van der Waals surface area contributed by atoms with Gasteiger partial charge in [0.05, 0.1) is 0 Å². The van der Waals surface area contributed by atoms with E-state index < -0.39 is 0 Å². The Balaban J connectivity index is 0.00000132. The molecule has 1 aromatic heterocycles. The standard InChI is InChI=1S/C34H34N.2ClH.Zr/c1-20(2)24-15-28(29(16-24)34-17-21-12-22(18-34)14-23(13-21)19-34)31-25-8-4-5-9-26(25)33-32(31)27-10-6-7-11-30(27)35(33)3;;;/h4-11,16,21-23,31H,12-14,17-19H2,1-3H3;2*1H;/q;;;+2/p-2. The van der Waals surface area contributed by atoms with E-state index in [4.69, 9.17) is 0 Å². The number of para-hydroxylation sites is 1. The summed E-state index contributed by atoms with van der Waals surface area (Å²) in [6, 6.07) is 18.4. The van der Waals surface area contributed by atoms with Gasteiger partial charge >= 0.3 is 231 Å². The van der Waals surface area contributed by atoms with Gasteiger partial charge in [-0.05, 0) is 0 Å². The van der Waals surface area contributed by atoms with Crippen LogP contribution in [0.25, 0.3) is 22.2 Å². The number of fused-ring (bicyclic) bond motifs is 5. The van der Waals surface area contributed by atoms with E-state index in [1.807, 2.05) is 0 Å². The Morgan fingerprint density at radius 2 is 1.47 bits per heavy atom. The van der Waals surface area contributed by atoms with Crippen LogP contribution in [-0.4, -0.2) is 4.57 Å². The van der Waals surface area contributed by atoms with Gasteiger partial charge in [0, 0.05) is 0 Å². The topological polar surface area (TPSA) is 4.93 Å². The average Bonchev–Trinajstić information content (AvgIpc) is 3.47. The summed E-state index contributed by atoms with van der Waals surface area (Å²) in [6.07, 6.45) is 11.5. The fourth-order valence-electron chi connectivity index (χ4n) is 9.61. The van der Waals surface area contributed by atoms with Crippen molar-refractivity contribution in [1.29, 1.82) is 0 Å². The van der Waals surface area contributed by atoms with E-state index in [9.17, 15) is 0 Å². The summed E-state index contributed by atoms with van der Waals surface area (Å²) in [5.74, 6) is 3.25. The van der Waals surface area contributed by atoms with E-state index in [1.165, 1.54) is 71.8 Å². The molecule has 3 aromatic rings. The number of halogens is 2. The van der Waals surface area contributed by atoms with Gasteiger partial charge in [-0.2, -0.15) is 0 Å². The molecule has 0 amide bonds. The number of aromatic nitrogens is 1. The molecule has 0 radical (unpaired) electrons. The second kappa shape index (κ2) is 9.36. The molecule has 38 heavy (non-hydrogen) atoms. The van der Waals surface area contributed by atoms with Gasteiger partial charge in [-0.1, -0.05) is 0 Å². The van der Waals surface area contributed by atoms with Gasteiger partial charge in [-0.3, -0.25) is 0 Å². The molecule has 2 aromatic carbocycles. The maximum atomic E-state index is 2.70. The molecule has 1 heterocycles. The van der Waals surface area contributed by atoms with Crippen molar-refractivity contribution in [3.8, 4) is 11.3 Å². The molecule has 4 heteroatoms. The van der Waals surface area contributed by atoms with Crippen molar-refractivity contribution in [3.05, 3.63) is 91.3 Å². The summed E-state index contributed by atoms with van der Waals surface area (Å²) in [5, 5.41) is 1.45. The van der Waals surface area contributed by atoms with Crippen LogP contribution < -0.4 is 24.8 Å². The van der Waals surface area contributed by atoms with Crippen molar-refractivity contribution < 1.29 is 49.5 Å². The molecule has 0 N–H and O–H groups in total. The zero-order valence-corrected chi connectivity index (χ0v) is 26.4. The summed E-state index contributed by atoms with van der Waals surface area (Å²) in [5.41, 5.74) is 14.3. The summed E-state index contributed by atoms with van der Waals surface area (Å²) in [6.45, 7) is 4.67. The van der Waals surface area contributed by atoms with Gasteiger partial charge in [0.2, 0.25) is 0 Å². The first kappa shape index (κ1) is 26.9. The van der Waals surface area contributed by atoms with Crippen molar-refractivity contribution in [2.75, 3.05) is 0 Å². The van der Waals surface area contributed by atoms with Crippen LogP contribution in [0.2, 0.25) is 0 Å². The average molecular weight is 619 g/mol. The number of hydrogen-bond acceptors (Lipinski definition) is 0. The first-order valence-corrected chi connectivity index (χ1v) is 15.2. The fourth-order valence-corrected chi connectivity index (χ4v) is 11.1. The van der Waals surface area contributed by atoms with Crippen LogP contribution in [0.3, 0.4) is 0 Å². The summed E-state index contributed by atoms with van der Waals surface area (Å²) >= 11 is 1.57. The maximum Gasteiger partial charge on any atom is -1.00 e. The van der Waals surface area contributed by atoms with E-state index in [-0.39, 0.29) is 24.8 Å². The third-order valence-electron chi connectivity index (χ3n) is 10.5. The van der Waals surface area contributed by atoms with Crippen molar-refractivity contribution in [2.24, 2.45) is 30.2 Å². The zero-order valence-electron chi connectivity index (χ0n) is 22.5. The SMILES string of the molecule is CC(C)=C1C=C(C23CC4CC(CC(C4)C2)C3)C(C2c3ccccc3-c3c2c2ccccc2n3C)=[C]1[Zr+2].[Cl-].[Cl-]. The Bertz CT molecular complexity index is 1530. The van der Waals surface area contributed by atoms with E-state index in [0.717, 1.165) is 17.8 Å². The number of aryl methyl sites for hydroxylation is 1. The van der Waals surface area contributed by atoms with Crippen LogP contribution in [0, 0.1) is 23.2 Å². The van der Waals surface area contributed by atoms with Gasteiger partial charge in [0.1, 0.15) is 0 Å². The first-order valence-electron chi connectivity index (χ1n) is 14.0. The van der Waals surface area contributed by atoms with E-state index in [2.05, 4.69) is 80.1 Å². The molecular formula is C34H34Cl2NZr. The molecule has 1 atom stereocenters. The van der Waals surface area contributed by atoms with Gasteiger partial charge in [-0.25, -0.2) is 0 Å². The molecule has 0 aliphatic heterocycles. The van der Waals surface area contributed by atoms with Crippen LogP contribution in [0.4, 0.5) is 0 Å². The van der Waals surface area contributed by atoms with Crippen LogP contribution in [0.5, 0.6) is 0 Å². The maximum absolute atomic E-state index is 2.70. The monoisotopic (exact) mass is 616 g/mol. The number of nitrogens with zero attached hydrogens (tertiary/aromatic N) is 1. The van der Waals surface area contributed by atoms with Crippen LogP contribution >= 0.6 is 0 Å². The zero-order chi connectivity index (χ0) is 24.3. The Morgan fingerprint density at radius 1 is 0.868 bits per heavy atom. The molecule has 6 aliphatic rings. The third kappa shape index (κ3) is 3.52. The van der Waals surface area contributed by atoms with Gasteiger partial charge < -0.3 is 24.8 Å². The number of benzene rings is 2. The van der Waals surface area contributed by atoms with Gasteiger partial charge in [0.25, 0.3) is 0 Å². The van der Waals surface area contributed by atoms with E-state index >= 15 is 0 Å². The number of allylic oxidation sites excluding steroid dienone is 6. The number of rotatable bonds is 2. The second-order valence-corrected chi connectivity index (χ2v) is 14.0. The molecule has 1 nitrogen and oxygen atoms in total. The van der Waals surface area contributed by atoms with Crippen molar-refractivity contribution in [1.82, 2.24) is 4.57 Å². The van der Waals surface area contributed by atoms with Gasteiger partial charge in [-0.15, -0.1) is 0 Å². The Hall–Kier alpha value is -1.34. The van der Waals surface area contributed by atoms with Gasteiger partial charge in [0.15, 0.2) is 0 Å². The molecular weight excluding hydrogens is 585 g/mol. The number of hydrogen-bond donors (Lipinski definition) is 0. The second-order valence-electron chi connectivity index (χ2n) is 12.8. The quantitative estimate of drug-likeness (QED) is 0.417.